The van der Waals surface area contributed by atoms with Crippen LogP contribution >= 0.6 is 11.8 Å². The summed E-state index contributed by atoms with van der Waals surface area (Å²) in [5.74, 6) is 0.0393. The van der Waals surface area contributed by atoms with E-state index in [1.807, 2.05) is 12.1 Å². The molecule has 0 unspecified atom stereocenters. The van der Waals surface area contributed by atoms with Gasteiger partial charge in [-0.3, -0.25) is 4.79 Å². The van der Waals surface area contributed by atoms with Gasteiger partial charge in [-0.2, -0.15) is 0 Å². The molecule has 98 valence electrons. The lowest BCUT2D eigenvalue weighted by Gasteiger charge is -2.20. The smallest absolute Gasteiger partial charge is 0.220 e. The predicted molar refractivity (Wildman–Crippen MR) is 73.6 cm³/mol. The Balaban J connectivity index is 2.09. The molecule has 1 amide bonds. The maximum atomic E-state index is 11.8. The van der Waals surface area contributed by atoms with Gasteiger partial charge in [0.2, 0.25) is 5.91 Å². The number of thioether (sulfide) groups is 1. The van der Waals surface area contributed by atoms with Crippen molar-refractivity contribution >= 4 is 17.7 Å². The normalized spacial score (nSPS) is 16.3. The molecular formula is C14H19NO2S. The molecule has 0 bridgehead atoms. The van der Waals surface area contributed by atoms with Gasteiger partial charge in [-0.05, 0) is 37.1 Å². The summed E-state index contributed by atoms with van der Waals surface area (Å²) in [6.07, 6.45) is 5.01. The van der Waals surface area contributed by atoms with E-state index in [-0.39, 0.29) is 18.1 Å². The maximum absolute atomic E-state index is 11.8. The molecule has 1 fully saturated rings. The Kier molecular flexibility index (Phi) is 4.30. The molecule has 4 heteroatoms. The van der Waals surface area contributed by atoms with Crippen LogP contribution in [0.25, 0.3) is 0 Å². The zero-order valence-corrected chi connectivity index (χ0v) is 11.4. The lowest BCUT2D eigenvalue weighted by Crippen LogP contribution is -2.35. The van der Waals surface area contributed by atoms with Gasteiger partial charge in [-0.15, -0.1) is 11.8 Å². The molecule has 2 N–H and O–H groups in total. The quantitative estimate of drug-likeness (QED) is 0.776. The Morgan fingerprint density at radius 3 is 2.78 bits per heavy atom. The first kappa shape index (κ1) is 13.4. The number of amides is 1. The molecule has 0 aromatic heterocycles. The number of aliphatic hydroxyl groups excluding tert-OH is 1. The first-order chi connectivity index (χ1) is 8.72. The lowest BCUT2D eigenvalue weighted by molar-refractivity contribution is -0.122. The Morgan fingerprint density at radius 2 is 2.17 bits per heavy atom. The van der Waals surface area contributed by atoms with E-state index < -0.39 is 0 Å². The van der Waals surface area contributed by atoms with Crippen LogP contribution in [0.2, 0.25) is 0 Å². The van der Waals surface area contributed by atoms with Crippen molar-refractivity contribution in [3.63, 3.8) is 0 Å². The molecule has 3 nitrogen and oxygen atoms in total. The van der Waals surface area contributed by atoms with Crippen LogP contribution < -0.4 is 5.32 Å². The van der Waals surface area contributed by atoms with Gasteiger partial charge < -0.3 is 10.4 Å². The average Bonchev–Trinajstić information content (AvgIpc) is 3.17. The summed E-state index contributed by atoms with van der Waals surface area (Å²) in [6, 6.07) is 8.25. The summed E-state index contributed by atoms with van der Waals surface area (Å²) in [4.78, 5) is 13.0. The van der Waals surface area contributed by atoms with Crippen molar-refractivity contribution in [3.8, 4) is 0 Å². The fourth-order valence-corrected chi connectivity index (χ4v) is 2.89. The van der Waals surface area contributed by atoms with Gasteiger partial charge in [-0.1, -0.05) is 18.2 Å². The lowest BCUT2D eigenvalue weighted by atomic mass is 10.0. The van der Waals surface area contributed by atoms with E-state index in [0.29, 0.717) is 12.8 Å². The molecule has 18 heavy (non-hydrogen) atoms. The van der Waals surface area contributed by atoms with Crippen LogP contribution in [0.5, 0.6) is 0 Å². The van der Waals surface area contributed by atoms with Crippen LogP contribution in [-0.4, -0.2) is 23.9 Å². The second-order valence-electron chi connectivity index (χ2n) is 4.66. The summed E-state index contributed by atoms with van der Waals surface area (Å²) >= 11 is 1.72. The van der Waals surface area contributed by atoms with Crippen molar-refractivity contribution in [1.82, 2.24) is 5.32 Å². The van der Waals surface area contributed by atoms with Crippen LogP contribution in [0.15, 0.2) is 29.2 Å². The Labute approximate surface area is 112 Å². The number of carbonyl (C=O) groups is 1. The van der Waals surface area contributed by atoms with Gasteiger partial charge in [0, 0.05) is 17.9 Å². The van der Waals surface area contributed by atoms with Crippen LogP contribution in [0, 0.1) is 0 Å². The second-order valence-corrected chi connectivity index (χ2v) is 5.51. The Bertz CT molecular complexity index is 430. The average molecular weight is 265 g/mol. The molecule has 0 saturated heterocycles. The van der Waals surface area contributed by atoms with Gasteiger partial charge >= 0.3 is 0 Å². The first-order valence-electron chi connectivity index (χ1n) is 6.27. The van der Waals surface area contributed by atoms with E-state index in [1.54, 1.807) is 11.8 Å². The molecule has 0 heterocycles. The third-order valence-corrected chi connectivity index (χ3v) is 4.11. The summed E-state index contributed by atoms with van der Waals surface area (Å²) in [6.45, 7) is 0.0712. The summed E-state index contributed by atoms with van der Waals surface area (Å²) < 4.78 is 0. The van der Waals surface area contributed by atoms with Crippen LogP contribution in [-0.2, 0) is 10.3 Å². The first-order valence-corrected chi connectivity index (χ1v) is 7.50. The van der Waals surface area contributed by atoms with Gasteiger partial charge in [0.15, 0.2) is 0 Å². The molecule has 2 rings (SSSR count). The minimum Gasteiger partial charge on any atom is -0.396 e. The molecule has 1 aromatic carbocycles. The predicted octanol–water partition coefficient (Wildman–Crippen LogP) is 2.29. The van der Waals surface area contributed by atoms with Crippen LogP contribution in [0.4, 0.5) is 0 Å². The topological polar surface area (TPSA) is 49.3 Å². The van der Waals surface area contributed by atoms with Crippen LogP contribution in [0.3, 0.4) is 0 Å². The summed E-state index contributed by atoms with van der Waals surface area (Å²) in [5, 5.41) is 11.9. The molecule has 0 spiro atoms. The molecule has 1 aliphatic rings. The highest BCUT2D eigenvalue weighted by molar-refractivity contribution is 7.98. The van der Waals surface area contributed by atoms with Crippen molar-refractivity contribution in [3.05, 3.63) is 29.8 Å². The molecule has 0 atom stereocenters. The third-order valence-electron chi connectivity index (χ3n) is 3.31. The van der Waals surface area contributed by atoms with E-state index in [9.17, 15) is 4.79 Å². The standard InChI is InChI=1S/C14H19NO2S/c1-18-12-6-3-2-5-11(12)14(8-9-14)15-13(17)7-4-10-16/h2-3,5-6,16H,4,7-10H2,1H3,(H,15,17). The van der Waals surface area contributed by atoms with Gasteiger partial charge in [0.25, 0.3) is 0 Å². The Morgan fingerprint density at radius 1 is 1.44 bits per heavy atom. The summed E-state index contributed by atoms with van der Waals surface area (Å²) in [7, 11) is 0. The van der Waals surface area contributed by atoms with Gasteiger partial charge in [0.05, 0.1) is 5.54 Å². The van der Waals surface area contributed by atoms with E-state index in [1.165, 1.54) is 10.5 Å². The van der Waals surface area contributed by atoms with Crippen molar-refractivity contribution in [2.75, 3.05) is 12.9 Å². The van der Waals surface area contributed by atoms with Gasteiger partial charge in [-0.25, -0.2) is 0 Å². The zero-order valence-electron chi connectivity index (χ0n) is 10.6. The monoisotopic (exact) mass is 265 g/mol. The van der Waals surface area contributed by atoms with E-state index in [4.69, 9.17) is 5.11 Å². The third kappa shape index (κ3) is 2.87. The fourth-order valence-electron chi connectivity index (χ4n) is 2.20. The van der Waals surface area contributed by atoms with Gasteiger partial charge in [0.1, 0.15) is 0 Å². The highest BCUT2D eigenvalue weighted by Crippen LogP contribution is 2.48. The van der Waals surface area contributed by atoms with Crippen molar-refractivity contribution in [2.24, 2.45) is 0 Å². The van der Waals surface area contributed by atoms with E-state index in [2.05, 4.69) is 23.7 Å². The van der Waals surface area contributed by atoms with E-state index >= 15 is 0 Å². The largest absolute Gasteiger partial charge is 0.396 e. The van der Waals surface area contributed by atoms with Crippen molar-refractivity contribution in [2.45, 2.75) is 36.1 Å². The summed E-state index contributed by atoms with van der Waals surface area (Å²) in [5.41, 5.74) is 1.08. The molecular weight excluding hydrogens is 246 g/mol. The number of hydrogen-bond acceptors (Lipinski definition) is 3. The Hall–Kier alpha value is -1.00. The number of hydrogen-bond donors (Lipinski definition) is 2. The second kappa shape index (κ2) is 5.76. The molecule has 0 aliphatic heterocycles. The number of rotatable bonds is 6. The molecule has 0 radical (unpaired) electrons. The minimum atomic E-state index is -0.147. The highest BCUT2D eigenvalue weighted by Gasteiger charge is 2.46. The van der Waals surface area contributed by atoms with Crippen LogP contribution in [0.1, 0.15) is 31.2 Å². The highest BCUT2D eigenvalue weighted by atomic mass is 32.2. The zero-order chi connectivity index (χ0) is 13.0. The number of aliphatic hydroxyl groups is 1. The van der Waals surface area contributed by atoms with Crippen molar-refractivity contribution in [1.29, 1.82) is 0 Å². The van der Waals surface area contributed by atoms with E-state index in [0.717, 1.165) is 12.8 Å². The molecule has 1 saturated carbocycles. The molecule has 1 aliphatic carbocycles. The minimum absolute atomic E-state index is 0.0393. The van der Waals surface area contributed by atoms with Crippen molar-refractivity contribution < 1.29 is 9.90 Å². The number of benzene rings is 1. The SMILES string of the molecule is CSc1ccccc1C1(NC(=O)CCCO)CC1. The maximum Gasteiger partial charge on any atom is 0.220 e. The number of carbonyl (C=O) groups excluding carboxylic acids is 1. The molecule has 1 aromatic rings. The number of nitrogens with one attached hydrogen (secondary N) is 1. The fraction of sp³-hybridized carbons (Fsp3) is 0.500.